The minimum absolute atomic E-state index is 0.247. The molecule has 0 heterocycles. The molecule has 0 saturated heterocycles. The van der Waals surface area contributed by atoms with Gasteiger partial charge in [0.1, 0.15) is 12.4 Å². The third-order valence-corrected chi connectivity index (χ3v) is 3.22. The molecule has 122 valence electrons. The molecule has 2 amide bonds. The molecule has 0 bridgehead atoms. The smallest absolute Gasteiger partial charge is 0.319 e. The van der Waals surface area contributed by atoms with Crippen LogP contribution in [0, 0.1) is 0 Å². The van der Waals surface area contributed by atoms with Crippen molar-refractivity contribution >= 4 is 11.7 Å². The van der Waals surface area contributed by atoms with Crippen molar-refractivity contribution in [3.8, 4) is 5.75 Å². The monoisotopic (exact) mass is 314 g/mol. The number of carbonyl (C=O) groups is 1. The van der Waals surface area contributed by atoms with Gasteiger partial charge in [-0.2, -0.15) is 0 Å². The SMILES string of the molecule is COCCOc1ccccc1NC(=O)NCCc1ccccc1. The van der Waals surface area contributed by atoms with E-state index in [0.717, 1.165) is 6.42 Å². The van der Waals surface area contributed by atoms with Crippen LogP contribution >= 0.6 is 0 Å². The first-order chi connectivity index (χ1) is 11.3. The molecule has 5 nitrogen and oxygen atoms in total. The molecule has 0 unspecified atom stereocenters. The zero-order valence-electron chi connectivity index (χ0n) is 13.2. The summed E-state index contributed by atoms with van der Waals surface area (Å²) in [5, 5.41) is 5.65. The van der Waals surface area contributed by atoms with E-state index in [1.807, 2.05) is 48.5 Å². The quantitative estimate of drug-likeness (QED) is 0.736. The van der Waals surface area contributed by atoms with Crippen LogP contribution in [0.1, 0.15) is 5.56 Å². The average Bonchev–Trinajstić information content (AvgIpc) is 2.57. The van der Waals surface area contributed by atoms with E-state index in [-0.39, 0.29) is 6.03 Å². The van der Waals surface area contributed by atoms with Crippen molar-refractivity contribution in [2.75, 3.05) is 32.2 Å². The summed E-state index contributed by atoms with van der Waals surface area (Å²) >= 11 is 0. The van der Waals surface area contributed by atoms with Crippen LogP contribution in [-0.4, -0.2) is 32.9 Å². The first kappa shape index (κ1) is 16.8. The number of rotatable bonds is 8. The fourth-order valence-corrected chi connectivity index (χ4v) is 2.06. The summed E-state index contributed by atoms with van der Waals surface area (Å²) in [4.78, 5) is 12.0. The molecule has 2 aromatic rings. The van der Waals surface area contributed by atoms with E-state index < -0.39 is 0 Å². The molecule has 2 aromatic carbocycles. The molecule has 0 radical (unpaired) electrons. The van der Waals surface area contributed by atoms with Crippen LogP contribution < -0.4 is 15.4 Å². The molecule has 0 aliphatic rings. The highest BCUT2D eigenvalue weighted by molar-refractivity contribution is 5.90. The van der Waals surface area contributed by atoms with Gasteiger partial charge in [-0.3, -0.25) is 0 Å². The number of anilines is 1. The summed E-state index contributed by atoms with van der Waals surface area (Å²) in [7, 11) is 1.62. The number of carbonyl (C=O) groups excluding carboxylic acids is 1. The standard InChI is InChI=1S/C18H22N2O3/c1-22-13-14-23-17-10-6-5-9-16(17)20-18(21)19-12-11-15-7-3-2-4-8-15/h2-10H,11-14H2,1H3,(H2,19,20,21). The molecule has 23 heavy (non-hydrogen) atoms. The minimum atomic E-state index is -0.247. The van der Waals surface area contributed by atoms with E-state index in [4.69, 9.17) is 9.47 Å². The highest BCUT2D eigenvalue weighted by Gasteiger charge is 2.07. The van der Waals surface area contributed by atoms with Crippen LogP contribution in [0.5, 0.6) is 5.75 Å². The van der Waals surface area contributed by atoms with E-state index in [1.165, 1.54) is 5.56 Å². The number of nitrogens with one attached hydrogen (secondary N) is 2. The summed E-state index contributed by atoms with van der Waals surface area (Å²) in [6.07, 6.45) is 0.792. The van der Waals surface area contributed by atoms with E-state index in [0.29, 0.717) is 31.2 Å². The Morgan fingerprint density at radius 1 is 1.00 bits per heavy atom. The van der Waals surface area contributed by atoms with Gasteiger partial charge >= 0.3 is 6.03 Å². The highest BCUT2D eigenvalue weighted by Crippen LogP contribution is 2.23. The van der Waals surface area contributed by atoms with Crippen molar-refractivity contribution in [2.45, 2.75) is 6.42 Å². The van der Waals surface area contributed by atoms with Crippen molar-refractivity contribution < 1.29 is 14.3 Å². The maximum absolute atomic E-state index is 12.0. The van der Waals surface area contributed by atoms with Gasteiger partial charge in [-0.25, -0.2) is 4.79 Å². The number of hydrogen-bond acceptors (Lipinski definition) is 3. The largest absolute Gasteiger partial charge is 0.489 e. The van der Waals surface area contributed by atoms with Crippen molar-refractivity contribution in [3.63, 3.8) is 0 Å². The van der Waals surface area contributed by atoms with Gasteiger partial charge in [0.05, 0.1) is 12.3 Å². The highest BCUT2D eigenvalue weighted by atomic mass is 16.5. The van der Waals surface area contributed by atoms with Gasteiger partial charge in [0.25, 0.3) is 0 Å². The summed E-state index contributed by atoms with van der Waals surface area (Å²) in [6.45, 7) is 1.50. The van der Waals surface area contributed by atoms with Gasteiger partial charge in [0.2, 0.25) is 0 Å². The van der Waals surface area contributed by atoms with Gasteiger partial charge in [0.15, 0.2) is 0 Å². The third kappa shape index (κ3) is 6.00. The predicted octanol–water partition coefficient (Wildman–Crippen LogP) is 3.08. The van der Waals surface area contributed by atoms with Crippen molar-refractivity contribution in [3.05, 3.63) is 60.2 Å². The van der Waals surface area contributed by atoms with E-state index in [1.54, 1.807) is 13.2 Å². The number of amides is 2. The molecule has 0 aliphatic carbocycles. The first-order valence-electron chi connectivity index (χ1n) is 7.59. The zero-order valence-corrected chi connectivity index (χ0v) is 13.2. The minimum Gasteiger partial charge on any atom is -0.489 e. The number of benzene rings is 2. The normalized spacial score (nSPS) is 10.1. The fourth-order valence-electron chi connectivity index (χ4n) is 2.06. The van der Waals surface area contributed by atoms with Gasteiger partial charge in [0, 0.05) is 13.7 Å². The van der Waals surface area contributed by atoms with Crippen molar-refractivity contribution in [1.29, 1.82) is 0 Å². The van der Waals surface area contributed by atoms with Crippen molar-refractivity contribution in [2.24, 2.45) is 0 Å². The van der Waals surface area contributed by atoms with Crippen LogP contribution in [0.25, 0.3) is 0 Å². The zero-order chi connectivity index (χ0) is 16.3. The molecule has 2 N–H and O–H groups in total. The molecular formula is C18H22N2O3. The lowest BCUT2D eigenvalue weighted by atomic mass is 10.1. The number of ether oxygens (including phenoxy) is 2. The number of hydrogen-bond donors (Lipinski definition) is 2. The van der Waals surface area contributed by atoms with Gasteiger partial charge < -0.3 is 20.1 Å². The molecule has 0 fully saturated rings. The Balaban J connectivity index is 1.80. The number of para-hydroxylation sites is 2. The van der Waals surface area contributed by atoms with Crippen LogP contribution in [0.2, 0.25) is 0 Å². The molecule has 0 aliphatic heterocycles. The Labute approximate surface area is 136 Å². The summed E-state index contributed by atoms with van der Waals surface area (Å²) in [6, 6.07) is 17.1. The Hall–Kier alpha value is -2.53. The Morgan fingerprint density at radius 2 is 1.74 bits per heavy atom. The average molecular weight is 314 g/mol. The van der Waals surface area contributed by atoms with Gasteiger partial charge in [-0.15, -0.1) is 0 Å². The fraction of sp³-hybridized carbons (Fsp3) is 0.278. The number of methoxy groups -OCH3 is 1. The van der Waals surface area contributed by atoms with Crippen molar-refractivity contribution in [1.82, 2.24) is 5.32 Å². The van der Waals surface area contributed by atoms with Crippen LogP contribution in [0.3, 0.4) is 0 Å². The van der Waals surface area contributed by atoms with Gasteiger partial charge in [-0.1, -0.05) is 42.5 Å². The lowest BCUT2D eigenvalue weighted by Crippen LogP contribution is -2.30. The molecule has 0 spiro atoms. The third-order valence-electron chi connectivity index (χ3n) is 3.22. The molecule has 2 rings (SSSR count). The second-order valence-electron chi connectivity index (χ2n) is 4.95. The van der Waals surface area contributed by atoms with Crippen LogP contribution in [-0.2, 0) is 11.2 Å². The van der Waals surface area contributed by atoms with E-state index >= 15 is 0 Å². The maximum Gasteiger partial charge on any atom is 0.319 e. The summed E-state index contributed by atoms with van der Waals surface area (Å²) < 4.78 is 10.5. The Morgan fingerprint density at radius 3 is 2.52 bits per heavy atom. The second kappa shape index (κ2) is 9.48. The molecule has 0 atom stereocenters. The molecule has 0 aromatic heterocycles. The summed E-state index contributed by atoms with van der Waals surface area (Å²) in [5.74, 6) is 0.628. The topological polar surface area (TPSA) is 59.6 Å². The van der Waals surface area contributed by atoms with E-state index in [9.17, 15) is 4.79 Å². The molecular weight excluding hydrogens is 292 g/mol. The maximum atomic E-state index is 12.0. The Kier molecular flexibility index (Phi) is 6.94. The van der Waals surface area contributed by atoms with Crippen LogP contribution in [0.15, 0.2) is 54.6 Å². The number of urea groups is 1. The lowest BCUT2D eigenvalue weighted by Gasteiger charge is -2.13. The van der Waals surface area contributed by atoms with Crippen LogP contribution in [0.4, 0.5) is 10.5 Å². The van der Waals surface area contributed by atoms with Gasteiger partial charge in [-0.05, 0) is 24.1 Å². The molecule has 0 saturated carbocycles. The summed E-state index contributed by atoms with van der Waals surface area (Å²) in [5.41, 5.74) is 1.83. The van der Waals surface area contributed by atoms with E-state index in [2.05, 4.69) is 10.6 Å². The molecule has 5 heteroatoms. The Bertz CT molecular complexity index is 602. The lowest BCUT2D eigenvalue weighted by molar-refractivity contribution is 0.146. The predicted molar refractivity (Wildman–Crippen MR) is 91.0 cm³/mol. The first-order valence-corrected chi connectivity index (χ1v) is 7.59. The second-order valence-corrected chi connectivity index (χ2v) is 4.95.